The van der Waals surface area contributed by atoms with Gasteiger partial charge in [-0.3, -0.25) is 0 Å². The fourth-order valence-corrected chi connectivity index (χ4v) is 1.99. The highest BCUT2D eigenvalue weighted by Crippen LogP contribution is 2.30. The van der Waals surface area contributed by atoms with E-state index >= 15 is 0 Å². The molecule has 0 heterocycles. The molecule has 23 heavy (non-hydrogen) atoms. The first kappa shape index (κ1) is 16.6. The van der Waals surface area contributed by atoms with Crippen LogP contribution in [0, 0.1) is 5.82 Å². The predicted molar refractivity (Wildman–Crippen MR) is 87.8 cm³/mol. The van der Waals surface area contributed by atoms with Crippen molar-refractivity contribution in [3.05, 3.63) is 48.3 Å². The summed E-state index contributed by atoms with van der Waals surface area (Å²) in [6.07, 6.45) is 0. The first-order valence-electron chi connectivity index (χ1n) is 7.35. The van der Waals surface area contributed by atoms with Gasteiger partial charge in [0.25, 0.3) is 0 Å². The van der Waals surface area contributed by atoms with Crippen molar-refractivity contribution in [3.63, 3.8) is 0 Å². The Morgan fingerprint density at radius 2 is 1.61 bits per heavy atom. The van der Waals surface area contributed by atoms with Gasteiger partial charge in [0, 0.05) is 17.4 Å². The van der Waals surface area contributed by atoms with Gasteiger partial charge in [-0.1, -0.05) is 6.07 Å². The molecule has 0 saturated heterocycles. The topological polar surface area (TPSA) is 59.6 Å². The fraction of sp³-hybridized carbons (Fsp3) is 0.235. The molecule has 2 rings (SSSR count). The van der Waals surface area contributed by atoms with Crippen molar-refractivity contribution in [1.82, 2.24) is 0 Å². The zero-order valence-electron chi connectivity index (χ0n) is 13.1. The van der Waals surface area contributed by atoms with Gasteiger partial charge in [-0.05, 0) is 44.2 Å². The van der Waals surface area contributed by atoms with Crippen LogP contribution in [0.3, 0.4) is 0 Å². The molecule has 0 atom stereocenters. The molecule has 2 aromatic rings. The summed E-state index contributed by atoms with van der Waals surface area (Å²) < 4.78 is 24.1. The number of urea groups is 1. The van der Waals surface area contributed by atoms with E-state index in [1.165, 1.54) is 18.2 Å². The molecule has 2 aromatic carbocycles. The van der Waals surface area contributed by atoms with Gasteiger partial charge < -0.3 is 20.1 Å². The Labute approximate surface area is 134 Å². The van der Waals surface area contributed by atoms with Gasteiger partial charge in [0.05, 0.1) is 13.2 Å². The Balaban J connectivity index is 2.06. The summed E-state index contributed by atoms with van der Waals surface area (Å²) in [4.78, 5) is 12.0. The van der Waals surface area contributed by atoms with E-state index in [-0.39, 0.29) is 0 Å². The lowest BCUT2D eigenvalue weighted by Gasteiger charge is -2.13. The van der Waals surface area contributed by atoms with E-state index in [0.717, 1.165) is 0 Å². The van der Waals surface area contributed by atoms with Crippen LogP contribution in [0.15, 0.2) is 42.5 Å². The van der Waals surface area contributed by atoms with E-state index in [4.69, 9.17) is 9.47 Å². The molecule has 0 radical (unpaired) electrons. The van der Waals surface area contributed by atoms with Gasteiger partial charge in [-0.2, -0.15) is 0 Å². The Kier molecular flexibility index (Phi) is 5.80. The quantitative estimate of drug-likeness (QED) is 0.836. The first-order chi connectivity index (χ1) is 11.1. The van der Waals surface area contributed by atoms with Crippen molar-refractivity contribution in [3.8, 4) is 11.5 Å². The minimum absolute atomic E-state index is 0.374. The number of hydrogen-bond acceptors (Lipinski definition) is 3. The Morgan fingerprint density at radius 1 is 0.957 bits per heavy atom. The highest BCUT2D eigenvalue weighted by molar-refractivity contribution is 5.99. The lowest BCUT2D eigenvalue weighted by atomic mass is 10.2. The standard InChI is InChI=1S/C17H19FN2O3/c1-3-22-15-9-8-14(11-16(15)23-4-2)20-17(21)19-13-7-5-6-12(18)10-13/h5-11H,3-4H2,1-2H3,(H2,19,20,21). The number of halogens is 1. The zero-order chi connectivity index (χ0) is 16.7. The lowest BCUT2D eigenvalue weighted by Crippen LogP contribution is -2.19. The van der Waals surface area contributed by atoms with Crippen molar-refractivity contribution in [2.24, 2.45) is 0 Å². The second-order valence-corrected chi connectivity index (χ2v) is 4.62. The average Bonchev–Trinajstić information content (AvgIpc) is 2.50. The number of amides is 2. The lowest BCUT2D eigenvalue weighted by molar-refractivity contribution is 0.262. The van der Waals surface area contributed by atoms with Gasteiger partial charge >= 0.3 is 6.03 Å². The molecule has 0 bridgehead atoms. The predicted octanol–water partition coefficient (Wildman–Crippen LogP) is 4.27. The number of carbonyl (C=O) groups excluding carboxylic acids is 1. The van der Waals surface area contributed by atoms with Crippen molar-refractivity contribution >= 4 is 17.4 Å². The third-order valence-electron chi connectivity index (χ3n) is 2.88. The van der Waals surface area contributed by atoms with Gasteiger partial charge in [-0.25, -0.2) is 9.18 Å². The van der Waals surface area contributed by atoms with Gasteiger partial charge in [0.15, 0.2) is 11.5 Å². The van der Waals surface area contributed by atoms with Crippen LogP contribution < -0.4 is 20.1 Å². The van der Waals surface area contributed by atoms with Crippen LogP contribution in [0.4, 0.5) is 20.6 Å². The third kappa shape index (κ3) is 4.88. The van der Waals surface area contributed by atoms with E-state index in [1.54, 1.807) is 24.3 Å². The van der Waals surface area contributed by atoms with Gasteiger partial charge in [-0.15, -0.1) is 0 Å². The molecule has 2 N–H and O–H groups in total. The monoisotopic (exact) mass is 318 g/mol. The minimum atomic E-state index is -0.470. The maximum absolute atomic E-state index is 13.1. The molecule has 0 fully saturated rings. The van der Waals surface area contributed by atoms with Crippen LogP contribution in [-0.4, -0.2) is 19.2 Å². The number of nitrogens with one attached hydrogen (secondary N) is 2. The summed E-state index contributed by atoms with van der Waals surface area (Å²) in [6.45, 7) is 4.76. The maximum Gasteiger partial charge on any atom is 0.323 e. The highest BCUT2D eigenvalue weighted by atomic mass is 19.1. The highest BCUT2D eigenvalue weighted by Gasteiger charge is 2.09. The van der Waals surface area contributed by atoms with E-state index in [9.17, 15) is 9.18 Å². The van der Waals surface area contributed by atoms with E-state index in [1.807, 2.05) is 13.8 Å². The van der Waals surface area contributed by atoms with Crippen LogP contribution in [-0.2, 0) is 0 Å². The summed E-state index contributed by atoms with van der Waals surface area (Å²) in [5.74, 6) is 0.755. The van der Waals surface area contributed by atoms with E-state index < -0.39 is 11.8 Å². The molecule has 0 unspecified atom stereocenters. The van der Waals surface area contributed by atoms with Crippen molar-refractivity contribution in [1.29, 1.82) is 0 Å². The molecule has 0 aliphatic carbocycles. The number of rotatable bonds is 6. The number of ether oxygens (including phenoxy) is 2. The number of benzene rings is 2. The number of hydrogen-bond donors (Lipinski definition) is 2. The Hall–Kier alpha value is -2.76. The largest absolute Gasteiger partial charge is 0.490 e. The smallest absolute Gasteiger partial charge is 0.323 e. The molecule has 2 amide bonds. The van der Waals surface area contributed by atoms with Crippen LogP contribution in [0.25, 0.3) is 0 Å². The van der Waals surface area contributed by atoms with Crippen LogP contribution in [0.5, 0.6) is 11.5 Å². The zero-order valence-corrected chi connectivity index (χ0v) is 13.1. The molecular weight excluding hydrogens is 299 g/mol. The molecular formula is C17H19FN2O3. The van der Waals surface area contributed by atoms with Crippen molar-refractivity contribution in [2.75, 3.05) is 23.8 Å². The molecule has 122 valence electrons. The Morgan fingerprint density at radius 3 is 2.26 bits per heavy atom. The van der Waals surface area contributed by atoms with Crippen LogP contribution in [0.2, 0.25) is 0 Å². The first-order valence-corrected chi connectivity index (χ1v) is 7.35. The fourth-order valence-electron chi connectivity index (χ4n) is 1.99. The molecule has 0 spiro atoms. The van der Waals surface area contributed by atoms with Crippen LogP contribution in [0.1, 0.15) is 13.8 Å². The second-order valence-electron chi connectivity index (χ2n) is 4.62. The normalized spacial score (nSPS) is 10.0. The summed E-state index contributed by atoms with van der Waals surface area (Å²) in [5.41, 5.74) is 0.921. The van der Waals surface area contributed by atoms with Gasteiger partial charge in [0.1, 0.15) is 5.82 Å². The minimum Gasteiger partial charge on any atom is -0.490 e. The molecule has 0 aliphatic rings. The number of anilines is 2. The average molecular weight is 318 g/mol. The van der Waals surface area contributed by atoms with Crippen LogP contribution >= 0.6 is 0 Å². The SMILES string of the molecule is CCOc1ccc(NC(=O)Nc2cccc(F)c2)cc1OCC. The summed E-state index contributed by atoms with van der Waals surface area (Å²) in [6, 6.07) is 10.3. The summed E-state index contributed by atoms with van der Waals surface area (Å²) >= 11 is 0. The molecule has 0 aliphatic heterocycles. The third-order valence-corrected chi connectivity index (χ3v) is 2.88. The van der Waals surface area contributed by atoms with Crippen molar-refractivity contribution < 1.29 is 18.7 Å². The molecule has 0 saturated carbocycles. The molecule has 5 nitrogen and oxygen atoms in total. The van der Waals surface area contributed by atoms with E-state index in [2.05, 4.69) is 10.6 Å². The summed E-state index contributed by atoms with van der Waals surface area (Å²) in [7, 11) is 0. The summed E-state index contributed by atoms with van der Waals surface area (Å²) in [5, 5.41) is 5.23. The molecule has 6 heteroatoms. The number of carbonyl (C=O) groups is 1. The molecule has 0 aromatic heterocycles. The second kappa shape index (κ2) is 8.03. The van der Waals surface area contributed by atoms with Crippen molar-refractivity contribution in [2.45, 2.75) is 13.8 Å². The maximum atomic E-state index is 13.1. The van der Waals surface area contributed by atoms with E-state index in [0.29, 0.717) is 36.1 Å². The van der Waals surface area contributed by atoms with Gasteiger partial charge in [0.2, 0.25) is 0 Å². The Bertz CT molecular complexity index is 677.